The summed E-state index contributed by atoms with van der Waals surface area (Å²) in [5.74, 6) is 0.603. The van der Waals surface area contributed by atoms with Gasteiger partial charge >= 0.3 is 0 Å². The smallest absolute Gasteiger partial charge is 0.263 e. The van der Waals surface area contributed by atoms with Crippen molar-refractivity contribution in [2.45, 2.75) is 26.1 Å². The fraction of sp³-hybridized carbons (Fsp3) is 0.333. The third-order valence-electron chi connectivity index (χ3n) is 6.14. The molecule has 0 saturated carbocycles. The second-order valence-electron chi connectivity index (χ2n) is 8.66. The summed E-state index contributed by atoms with van der Waals surface area (Å²) in [6.07, 6.45) is 3.44. The molecule has 0 unspecified atom stereocenters. The Morgan fingerprint density at radius 1 is 1.18 bits per heavy atom. The van der Waals surface area contributed by atoms with Gasteiger partial charge in [0.05, 0.1) is 35.4 Å². The molecule has 3 aromatic heterocycles. The van der Waals surface area contributed by atoms with Crippen LogP contribution in [0.15, 0.2) is 41.5 Å². The molecule has 1 aromatic carbocycles. The first kappa shape index (κ1) is 22.5. The molecule has 0 amide bonds. The Balaban J connectivity index is 1.69. The van der Waals surface area contributed by atoms with Gasteiger partial charge < -0.3 is 9.64 Å². The zero-order valence-electron chi connectivity index (χ0n) is 19.3. The van der Waals surface area contributed by atoms with E-state index in [1.165, 1.54) is 10.6 Å². The van der Waals surface area contributed by atoms with Crippen molar-refractivity contribution in [2.24, 2.45) is 14.1 Å². The van der Waals surface area contributed by atoms with Gasteiger partial charge in [0.1, 0.15) is 23.6 Å². The van der Waals surface area contributed by atoms with E-state index in [-0.39, 0.29) is 39.4 Å². The third-order valence-corrected chi connectivity index (χ3v) is 6.37. The lowest BCUT2D eigenvalue weighted by atomic mass is 10.1. The Morgan fingerprint density at radius 3 is 2.68 bits per heavy atom. The van der Waals surface area contributed by atoms with Gasteiger partial charge in [-0.1, -0.05) is 11.6 Å². The number of fused-ring (bicyclic) bond motifs is 1. The molecule has 10 heteroatoms. The monoisotopic (exact) mass is 482 g/mol. The van der Waals surface area contributed by atoms with E-state index < -0.39 is 5.82 Å². The summed E-state index contributed by atoms with van der Waals surface area (Å²) < 4.78 is 24.3. The highest BCUT2D eigenvalue weighted by Crippen LogP contribution is 2.33. The van der Waals surface area contributed by atoms with E-state index in [0.717, 1.165) is 5.56 Å². The van der Waals surface area contributed by atoms with Crippen molar-refractivity contribution in [3.8, 4) is 11.3 Å². The summed E-state index contributed by atoms with van der Waals surface area (Å²) in [5.41, 5.74) is 1.59. The molecule has 1 saturated heterocycles. The molecule has 0 spiro atoms. The predicted molar refractivity (Wildman–Crippen MR) is 129 cm³/mol. The number of halogens is 2. The van der Waals surface area contributed by atoms with Crippen molar-refractivity contribution in [2.75, 3.05) is 18.0 Å². The predicted octanol–water partition coefficient (Wildman–Crippen LogP) is 3.80. The maximum atomic E-state index is 15.0. The molecule has 5 rings (SSSR count). The lowest BCUT2D eigenvalue weighted by Crippen LogP contribution is -2.43. The van der Waals surface area contributed by atoms with E-state index in [4.69, 9.17) is 21.3 Å². The molecule has 0 radical (unpaired) electrons. The number of ether oxygens (including phenoxy) is 1. The number of nitrogens with zero attached hydrogens (tertiary/aromatic N) is 6. The lowest BCUT2D eigenvalue weighted by molar-refractivity contribution is -0.0176. The topological polar surface area (TPSA) is 78.1 Å². The van der Waals surface area contributed by atoms with Crippen molar-refractivity contribution in [1.82, 2.24) is 24.3 Å². The summed E-state index contributed by atoms with van der Waals surface area (Å²) in [6, 6.07) is 6.14. The molecule has 0 bridgehead atoms. The maximum Gasteiger partial charge on any atom is 0.263 e. The van der Waals surface area contributed by atoms with Gasteiger partial charge in [-0.2, -0.15) is 5.10 Å². The van der Waals surface area contributed by atoms with Gasteiger partial charge in [-0.3, -0.25) is 14.0 Å². The number of aromatic nitrogens is 5. The number of hydrogen-bond acceptors (Lipinski definition) is 6. The molecule has 0 N–H and O–H groups in total. The molecule has 176 valence electrons. The Kier molecular flexibility index (Phi) is 5.61. The van der Waals surface area contributed by atoms with E-state index in [9.17, 15) is 4.79 Å². The Hall–Kier alpha value is -3.30. The highest BCUT2D eigenvalue weighted by atomic mass is 35.5. The SMILES string of the molecule is Cc1nc2cc(N3C[C@@H](c4cnn(C)c4)O[C@@H](C)C3)nc(-c3ccc(Cl)cc3F)c2c(=O)n1C. The van der Waals surface area contributed by atoms with Crippen molar-refractivity contribution >= 4 is 28.3 Å². The minimum Gasteiger partial charge on any atom is -0.367 e. The van der Waals surface area contributed by atoms with Crippen LogP contribution in [0.2, 0.25) is 5.02 Å². The number of morpholine rings is 1. The van der Waals surface area contributed by atoms with Crippen LogP contribution in [0.4, 0.5) is 10.2 Å². The number of hydrogen-bond donors (Lipinski definition) is 0. The van der Waals surface area contributed by atoms with Crippen molar-refractivity contribution < 1.29 is 9.13 Å². The molecule has 2 atom stereocenters. The molecule has 34 heavy (non-hydrogen) atoms. The normalized spacial score (nSPS) is 18.6. The van der Waals surface area contributed by atoms with Crippen LogP contribution in [0, 0.1) is 12.7 Å². The zero-order chi connectivity index (χ0) is 24.1. The molecular weight excluding hydrogens is 459 g/mol. The zero-order valence-corrected chi connectivity index (χ0v) is 20.0. The van der Waals surface area contributed by atoms with E-state index >= 15 is 4.39 Å². The van der Waals surface area contributed by atoms with Crippen LogP contribution in [0.25, 0.3) is 22.2 Å². The van der Waals surface area contributed by atoms with Gasteiger partial charge in [-0.25, -0.2) is 14.4 Å². The van der Waals surface area contributed by atoms with Gasteiger partial charge in [0.15, 0.2) is 0 Å². The summed E-state index contributed by atoms with van der Waals surface area (Å²) in [5, 5.41) is 4.79. The van der Waals surface area contributed by atoms with Crippen molar-refractivity contribution in [3.63, 3.8) is 0 Å². The van der Waals surface area contributed by atoms with Crippen LogP contribution in [-0.2, 0) is 18.8 Å². The molecule has 8 nitrogen and oxygen atoms in total. The Bertz CT molecular complexity index is 1470. The fourth-order valence-electron chi connectivity index (χ4n) is 4.35. The van der Waals surface area contributed by atoms with E-state index in [1.807, 2.05) is 20.2 Å². The molecule has 0 aliphatic carbocycles. The standard InChI is InChI=1S/C24H24ClFN6O2/c1-13-10-32(12-20(34-13)15-9-27-30(3)11-15)21-8-19-22(24(33)31(4)14(2)28-19)23(29-21)17-6-5-16(25)7-18(17)26/h5-9,11,13,20H,10,12H2,1-4H3/t13-,20-/m0/s1. The summed E-state index contributed by atoms with van der Waals surface area (Å²) >= 11 is 5.98. The summed E-state index contributed by atoms with van der Waals surface area (Å²) in [7, 11) is 3.50. The van der Waals surface area contributed by atoms with Crippen LogP contribution in [0.3, 0.4) is 0 Å². The lowest BCUT2D eigenvalue weighted by Gasteiger charge is -2.37. The van der Waals surface area contributed by atoms with Crippen LogP contribution in [-0.4, -0.2) is 43.5 Å². The number of aryl methyl sites for hydroxylation is 2. The van der Waals surface area contributed by atoms with Crippen LogP contribution in [0.1, 0.15) is 24.4 Å². The molecule has 1 aliphatic heterocycles. The largest absolute Gasteiger partial charge is 0.367 e. The minimum absolute atomic E-state index is 0.0782. The van der Waals surface area contributed by atoms with Crippen LogP contribution in [0.5, 0.6) is 0 Å². The molecule has 1 aliphatic rings. The summed E-state index contributed by atoms with van der Waals surface area (Å²) in [6.45, 7) is 4.87. The van der Waals surface area contributed by atoms with E-state index in [2.05, 4.69) is 15.0 Å². The average Bonchev–Trinajstić information content (AvgIpc) is 3.23. The van der Waals surface area contributed by atoms with Gasteiger partial charge in [0.2, 0.25) is 0 Å². The average molecular weight is 483 g/mol. The number of benzene rings is 1. The van der Waals surface area contributed by atoms with Crippen molar-refractivity contribution in [3.05, 3.63) is 69.2 Å². The Morgan fingerprint density at radius 2 is 1.97 bits per heavy atom. The highest BCUT2D eigenvalue weighted by Gasteiger charge is 2.29. The fourth-order valence-corrected chi connectivity index (χ4v) is 4.51. The van der Waals surface area contributed by atoms with Crippen LogP contribution < -0.4 is 10.5 Å². The first-order valence-electron chi connectivity index (χ1n) is 10.9. The second-order valence-corrected chi connectivity index (χ2v) is 9.09. The minimum atomic E-state index is -0.551. The Labute approximate surface area is 200 Å². The van der Waals surface area contributed by atoms with E-state index in [1.54, 1.807) is 43.0 Å². The highest BCUT2D eigenvalue weighted by molar-refractivity contribution is 6.30. The quantitative estimate of drug-likeness (QED) is 0.442. The second kappa shape index (κ2) is 8.48. The van der Waals surface area contributed by atoms with Gasteiger partial charge in [-0.05, 0) is 32.0 Å². The first-order valence-corrected chi connectivity index (χ1v) is 11.3. The molecular formula is C24H24ClFN6O2. The molecule has 4 aromatic rings. The van der Waals surface area contributed by atoms with Crippen molar-refractivity contribution in [1.29, 1.82) is 0 Å². The molecule has 1 fully saturated rings. The van der Waals surface area contributed by atoms with Crippen LogP contribution >= 0.6 is 11.6 Å². The maximum absolute atomic E-state index is 15.0. The number of rotatable bonds is 3. The first-order chi connectivity index (χ1) is 16.2. The molecule has 4 heterocycles. The third kappa shape index (κ3) is 3.95. The number of pyridine rings is 1. The van der Waals surface area contributed by atoms with E-state index in [0.29, 0.717) is 30.2 Å². The van der Waals surface area contributed by atoms with Gasteiger partial charge in [0.25, 0.3) is 5.56 Å². The van der Waals surface area contributed by atoms with Gasteiger partial charge in [-0.15, -0.1) is 0 Å². The van der Waals surface area contributed by atoms with Gasteiger partial charge in [0, 0.05) is 49.1 Å². The number of anilines is 1. The summed E-state index contributed by atoms with van der Waals surface area (Å²) in [4.78, 5) is 24.7.